The molecule has 1 aliphatic carbocycles. The van der Waals surface area contributed by atoms with Gasteiger partial charge in [-0.3, -0.25) is 9.59 Å². The molecule has 148 valence electrons. The standard InChI is InChI=1S/C20H26F2N2O3/c1-13(27-14-7-4-2-3-5-8-14)19(25)23-17-11-12-24(20(17)26)18-15(21)9-6-10-16(18)22/h6,9-10,13-14,17H,2-5,7-8,11-12H2,1H3,(H,23,25). The van der Waals surface area contributed by atoms with Crippen molar-refractivity contribution < 1.29 is 23.1 Å². The van der Waals surface area contributed by atoms with Crippen LogP contribution >= 0.6 is 0 Å². The molecule has 0 aromatic heterocycles. The predicted octanol–water partition coefficient (Wildman–Crippen LogP) is 3.31. The molecule has 1 N–H and O–H groups in total. The molecule has 2 atom stereocenters. The third-order valence-corrected chi connectivity index (χ3v) is 5.30. The Labute approximate surface area is 158 Å². The predicted molar refractivity (Wildman–Crippen MR) is 97.3 cm³/mol. The maximum Gasteiger partial charge on any atom is 0.249 e. The van der Waals surface area contributed by atoms with Gasteiger partial charge in [0, 0.05) is 6.54 Å². The molecule has 1 aliphatic heterocycles. The zero-order chi connectivity index (χ0) is 19.4. The van der Waals surface area contributed by atoms with Crippen LogP contribution in [0, 0.1) is 11.6 Å². The van der Waals surface area contributed by atoms with Gasteiger partial charge in [0.15, 0.2) is 0 Å². The Bertz CT molecular complexity index is 670. The fraction of sp³-hybridized carbons (Fsp3) is 0.600. The molecule has 2 aliphatic rings. The highest BCUT2D eigenvalue weighted by Gasteiger charge is 2.37. The van der Waals surface area contributed by atoms with E-state index >= 15 is 0 Å². The van der Waals surface area contributed by atoms with Gasteiger partial charge in [0.1, 0.15) is 29.5 Å². The molecular formula is C20H26F2N2O3. The van der Waals surface area contributed by atoms with Crippen molar-refractivity contribution in [1.29, 1.82) is 0 Å². The van der Waals surface area contributed by atoms with Crippen LogP contribution in [-0.4, -0.2) is 36.6 Å². The van der Waals surface area contributed by atoms with Crippen LogP contribution in [0.2, 0.25) is 0 Å². The summed E-state index contributed by atoms with van der Waals surface area (Å²) in [5.41, 5.74) is -0.359. The fourth-order valence-corrected chi connectivity index (χ4v) is 3.80. The summed E-state index contributed by atoms with van der Waals surface area (Å²) in [6.07, 6.45) is 6.18. The number of hydrogen-bond donors (Lipinski definition) is 1. The molecule has 2 fully saturated rings. The summed E-state index contributed by atoms with van der Waals surface area (Å²) < 4.78 is 33.8. The van der Waals surface area contributed by atoms with Crippen molar-refractivity contribution in [3.63, 3.8) is 0 Å². The van der Waals surface area contributed by atoms with E-state index in [0.717, 1.165) is 42.7 Å². The molecule has 2 amide bonds. The molecule has 0 radical (unpaired) electrons. The van der Waals surface area contributed by atoms with Crippen molar-refractivity contribution in [3.05, 3.63) is 29.8 Å². The summed E-state index contributed by atoms with van der Waals surface area (Å²) in [6.45, 7) is 1.83. The van der Waals surface area contributed by atoms with Crippen molar-refractivity contribution in [2.75, 3.05) is 11.4 Å². The number of ether oxygens (including phenoxy) is 1. The van der Waals surface area contributed by atoms with E-state index < -0.39 is 29.7 Å². The Morgan fingerprint density at radius 2 is 1.78 bits per heavy atom. The monoisotopic (exact) mass is 380 g/mol. The maximum absolute atomic E-state index is 13.9. The Balaban J connectivity index is 1.58. The molecule has 2 unspecified atom stereocenters. The first-order valence-electron chi connectivity index (χ1n) is 9.68. The zero-order valence-corrected chi connectivity index (χ0v) is 15.5. The van der Waals surface area contributed by atoms with Gasteiger partial charge in [-0.15, -0.1) is 0 Å². The van der Waals surface area contributed by atoms with Crippen LogP contribution < -0.4 is 10.2 Å². The molecule has 0 spiro atoms. The van der Waals surface area contributed by atoms with Crippen LogP contribution in [0.3, 0.4) is 0 Å². The Kier molecular flexibility index (Phi) is 6.42. The van der Waals surface area contributed by atoms with Gasteiger partial charge in [-0.2, -0.15) is 0 Å². The number of nitrogens with one attached hydrogen (secondary N) is 1. The smallest absolute Gasteiger partial charge is 0.249 e. The molecule has 1 aromatic rings. The van der Waals surface area contributed by atoms with Crippen LogP contribution in [0.15, 0.2) is 18.2 Å². The lowest BCUT2D eigenvalue weighted by Crippen LogP contribution is -2.46. The van der Waals surface area contributed by atoms with Gasteiger partial charge in [0.2, 0.25) is 11.8 Å². The van der Waals surface area contributed by atoms with Crippen molar-refractivity contribution in [2.45, 2.75) is 70.1 Å². The van der Waals surface area contributed by atoms with E-state index in [1.54, 1.807) is 6.92 Å². The topological polar surface area (TPSA) is 58.6 Å². The minimum absolute atomic E-state index is 0.0662. The first-order valence-corrected chi connectivity index (χ1v) is 9.68. The van der Waals surface area contributed by atoms with E-state index in [0.29, 0.717) is 6.42 Å². The summed E-state index contributed by atoms with van der Waals surface area (Å²) in [4.78, 5) is 26.0. The van der Waals surface area contributed by atoms with Crippen molar-refractivity contribution in [1.82, 2.24) is 5.32 Å². The van der Waals surface area contributed by atoms with E-state index in [2.05, 4.69) is 5.32 Å². The van der Waals surface area contributed by atoms with E-state index in [1.807, 2.05) is 0 Å². The van der Waals surface area contributed by atoms with Gasteiger partial charge < -0.3 is 15.0 Å². The van der Waals surface area contributed by atoms with E-state index in [9.17, 15) is 18.4 Å². The summed E-state index contributed by atoms with van der Waals surface area (Å²) in [7, 11) is 0. The van der Waals surface area contributed by atoms with Crippen molar-refractivity contribution in [3.8, 4) is 0 Å². The second kappa shape index (κ2) is 8.78. The fourth-order valence-electron chi connectivity index (χ4n) is 3.80. The molecule has 0 bridgehead atoms. The summed E-state index contributed by atoms with van der Waals surface area (Å²) >= 11 is 0. The Morgan fingerprint density at radius 1 is 1.15 bits per heavy atom. The lowest BCUT2D eigenvalue weighted by Gasteiger charge is -2.22. The van der Waals surface area contributed by atoms with Crippen LogP contribution in [0.1, 0.15) is 51.9 Å². The Morgan fingerprint density at radius 3 is 2.41 bits per heavy atom. The number of benzene rings is 1. The van der Waals surface area contributed by atoms with E-state index in [4.69, 9.17) is 4.74 Å². The second-order valence-electron chi connectivity index (χ2n) is 7.30. The maximum atomic E-state index is 13.9. The normalized spacial score (nSPS) is 22.6. The minimum Gasteiger partial charge on any atom is -0.365 e. The average molecular weight is 380 g/mol. The second-order valence-corrected chi connectivity index (χ2v) is 7.30. The number of halogens is 2. The summed E-state index contributed by atoms with van der Waals surface area (Å²) in [6, 6.07) is 2.68. The number of carbonyl (C=O) groups excluding carboxylic acids is 2. The number of anilines is 1. The number of para-hydroxylation sites is 1. The van der Waals surface area contributed by atoms with Crippen LogP contribution in [0.25, 0.3) is 0 Å². The van der Waals surface area contributed by atoms with Crippen molar-refractivity contribution >= 4 is 17.5 Å². The third kappa shape index (κ3) is 4.64. The van der Waals surface area contributed by atoms with Crippen molar-refractivity contribution in [2.24, 2.45) is 0 Å². The average Bonchev–Trinajstić information content (AvgIpc) is 2.84. The van der Waals surface area contributed by atoms with Crippen LogP contribution in [-0.2, 0) is 14.3 Å². The van der Waals surface area contributed by atoms with Crippen LogP contribution in [0.5, 0.6) is 0 Å². The molecule has 1 saturated carbocycles. The SMILES string of the molecule is CC(OC1CCCCCC1)C(=O)NC1CCN(c2c(F)cccc2F)C1=O. The number of hydrogen-bond acceptors (Lipinski definition) is 3. The first kappa shape index (κ1) is 19.7. The van der Waals surface area contributed by atoms with Gasteiger partial charge in [-0.25, -0.2) is 8.78 Å². The molecule has 1 aromatic carbocycles. The number of amides is 2. The Hall–Kier alpha value is -2.02. The molecule has 5 nitrogen and oxygen atoms in total. The minimum atomic E-state index is -0.795. The lowest BCUT2D eigenvalue weighted by molar-refractivity contribution is -0.138. The molecule has 7 heteroatoms. The molecule has 27 heavy (non-hydrogen) atoms. The van der Waals surface area contributed by atoms with Gasteiger partial charge in [-0.1, -0.05) is 31.7 Å². The molecular weight excluding hydrogens is 354 g/mol. The highest BCUT2D eigenvalue weighted by atomic mass is 19.1. The largest absolute Gasteiger partial charge is 0.365 e. The highest BCUT2D eigenvalue weighted by Crippen LogP contribution is 2.28. The van der Waals surface area contributed by atoms with Gasteiger partial charge >= 0.3 is 0 Å². The number of nitrogens with zero attached hydrogens (tertiary/aromatic N) is 1. The van der Waals surface area contributed by atoms with Crippen LogP contribution in [0.4, 0.5) is 14.5 Å². The molecule has 3 rings (SSSR count). The number of rotatable bonds is 5. The van der Waals surface area contributed by atoms with Gasteiger partial charge in [0.25, 0.3) is 0 Å². The number of carbonyl (C=O) groups is 2. The summed E-state index contributed by atoms with van der Waals surface area (Å²) in [5.74, 6) is -2.46. The van der Waals surface area contributed by atoms with E-state index in [-0.39, 0.29) is 24.2 Å². The first-order chi connectivity index (χ1) is 13.0. The molecule has 1 saturated heterocycles. The highest BCUT2D eigenvalue weighted by molar-refractivity contribution is 6.01. The summed E-state index contributed by atoms with van der Waals surface area (Å²) in [5, 5.41) is 2.67. The zero-order valence-electron chi connectivity index (χ0n) is 15.5. The lowest BCUT2D eigenvalue weighted by atomic mass is 10.1. The van der Waals surface area contributed by atoms with Gasteiger partial charge in [0.05, 0.1) is 6.10 Å². The quantitative estimate of drug-likeness (QED) is 0.798. The third-order valence-electron chi connectivity index (χ3n) is 5.30. The van der Waals surface area contributed by atoms with E-state index in [1.165, 1.54) is 18.9 Å². The molecule has 1 heterocycles. The van der Waals surface area contributed by atoms with Gasteiger partial charge in [-0.05, 0) is 38.3 Å².